The summed E-state index contributed by atoms with van der Waals surface area (Å²) in [6.45, 7) is 0. The van der Waals surface area contributed by atoms with Crippen molar-refractivity contribution in [3.8, 4) is 0 Å². The predicted octanol–water partition coefficient (Wildman–Crippen LogP) is 3.27. The SMILES string of the molecule is CN(c1cncnc1)c1cc(CC(=O)c2cscn2)ccc1F. The highest BCUT2D eigenvalue weighted by molar-refractivity contribution is 7.07. The van der Waals surface area contributed by atoms with Crippen molar-refractivity contribution >= 4 is 28.5 Å². The van der Waals surface area contributed by atoms with Crippen molar-refractivity contribution in [3.05, 3.63) is 64.9 Å². The molecule has 2 aromatic heterocycles. The molecule has 0 amide bonds. The maximum absolute atomic E-state index is 14.1. The molecule has 23 heavy (non-hydrogen) atoms. The molecule has 0 atom stereocenters. The second-order valence-corrected chi connectivity index (χ2v) is 5.63. The van der Waals surface area contributed by atoms with Crippen molar-refractivity contribution in [1.82, 2.24) is 15.0 Å². The Bertz CT molecular complexity index is 808. The topological polar surface area (TPSA) is 59.0 Å². The molecule has 0 bridgehead atoms. The molecule has 0 aliphatic heterocycles. The van der Waals surface area contributed by atoms with E-state index in [9.17, 15) is 9.18 Å². The Morgan fingerprint density at radius 1 is 1.30 bits per heavy atom. The van der Waals surface area contributed by atoms with E-state index >= 15 is 0 Å². The van der Waals surface area contributed by atoms with Gasteiger partial charge in [-0.2, -0.15) is 0 Å². The van der Waals surface area contributed by atoms with Crippen LogP contribution in [0.3, 0.4) is 0 Å². The van der Waals surface area contributed by atoms with Crippen LogP contribution < -0.4 is 4.90 Å². The first-order chi connectivity index (χ1) is 11.1. The van der Waals surface area contributed by atoms with E-state index in [-0.39, 0.29) is 18.0 Å². The highest BCUT2D eigenvalue weighted by atomic mass is 32.1. The number of nitrogens with zero attached hydrogens (tertiary/aromatic N) is 4. The fraction of sp³-hybridized carbons (Fsp3) is 0.125. The van der Waals surface area contributed by atoms with E-state index in [2.05, 4.69) is 15.0 Å². The fourth-order valence-electron chi connectivity index (χ4n) is 2.15. The highest BCUT2D eigenvalue weighted by Crippen LogP contribution is 2.26. The molecule has 0 fully saturated rings. The molecular weight excluding hydrogens is 315 g/mol. The van der Waals surface area contributed by atoms with Crippen molar-refractivity contribution in [2.75, 3.05) is 11.9 Å². The Morgan fingerprint density at radius 3 is 2.78 bits per heavy atom. The van der Waals surface area contributed by atoms with Crippen molar-refractivity contribution in [2.24, 2.45) is 0 Å². The van der Waals surface area contributed by atoms with E-state index in [0.29, 0.717) is 17.1 Å². The number of rotatable bonds is 5. The maximum Gasteiger partial charge on any atom is 0.186 e. The van der Waals surface area contributed by atoms with Gasteiger partial charge < -0.3 is 4.90 Å². The monoisotopic (exact) mass is 328 g/mol. The zero-order chi connectivity index (χ0) is 16.2. The number of Topliss-reactive ketones (excluding diaryl/α,β-unsaturated/α-hetero) is 1. The minimum Gasteiger partial charge on any atom is -0.340 e. The Balaban J connectivity index is 1.86. The minimum absolute atomic E-state index is 0.0884. The first kappa shape index (κ1) is 15.2. The zero-order valence-electron chi connectivity index (χ0n) is 12.3. The molecule has 0 N–H and O–H groups in total. The van der Waals surface area contributed by atoms with Gasteiger partial charge in [0.25, 0.3) is 0 Å². The van der Waals surface area contributed by atoms with Crippen LogP contribution in [-0.4, -0.2) is 27.8 Å². The second-order valence-electron chi connectivity index (χ2n) is 4.92. The van der Waals surface area contributed by atoms with Crippen molar-refractivity contribution in [2.45, 2.75) is 6.42 Å². The number of carbonyl (C=O) groups is 1. The van der Waals surface area contributed by atoms with Gasteiger partial charge in [0.1, 0.15) is 17.8 Å². The lowest BCUT2D eigenvalue weighted by Crippen LogP contribution is -2.13. The van der Waals surface area contributed by atoms with E-state index in [4.69, 9.17) is 0 Å². The number of carbonyl (C=O) groups excluding carboxylic acids is 1. The molecule has 5 nitrogen and oxygen atoms in total. The summed E-state index contributed by atoms with van der Waals surface area (Å²) in [5, 5.41) is 1.71. The Morgan fingerprint density at radius 2 is 2.09 bits per heavy atom. The Kier molecular flexibility index (Phi) is 4.38. The van der Waals surface area contributed by atoms with Crippen LogP contribution in [-0.2, 0) is 6.42 Å². The molecule has 1 aromatic carbocycles. The van der Waals surface area contributed by atoms with Crippen LogP contribution in [0.4, 0.5) is 15.8 Å². The third-order valence-corrected chi connectivity index (χ3v) is 3.98. The number of hydrogen-bond donors (Lipinski definition) is 0. The first-order valence-electron chi connectivity index (χ1n) is 6.83. The van der Waals surface area contributed by atoms with Gasteiger partial charge in [-0.05, 0) is 17.7 Å². The van der Waals surface area contributed by atoms with E-state index in [1.165, 1.54) is 23.7 Å². The summed E-state index contributed by atoms with van der Waals surface area (Å²) in [5.74, 6) is -0.462. The number of halogens is 1. The molecule has 0 aliphatic rings. The number of hydrogen-bond acceptors (Lipinski definition) is 6. The van der Waals surface area contributed by atoms with Gasteiger partial charge in [0.15, 0.2) is 5.78 Å². The van der Waals surface area contributed by atoms with Crippen LogP contribution in [0.5, 0.6) is 0 Å². The van der Waals surface area contributed by atoms with Crippen LogP contribution in [0.25, 0.3) is 0 Å². The van der Waals surface area contributed by atoms with Crippen molar-refractivity contribution < 1.29 is 9.18 Å². The Labute approximate surface area is 136 Å². The summed E-state index contributed by atoms with van der Waals surface area (Å²) < 4.78 is 14.1. The van der Waals surface area contributed by atoms with E-state index in [1.807, 2.05) is 0 Å². The molecule has 0 unspecified atom stereocenters. The van der Waals surface area contributed by atoms with Gasteiger partial charge in [-0.25, -0.2) is 19.3 Å². The van der Waals surface area contributed by atoms with Gasteiger partial charge in [-0.15, -0.1) is 11.3 Å². The van der Waals surface area contributed by atoms with E-state index < -0.39 is 0 Å². The fourth-order valence-corrected chi connectivity index (χ4v) is 2.71. The molecule has 3 aromatic rings. The minimum atomic E-state index is -0.374. The third-order valence-electron chi connectivity index (χ3n) is 3.39. The largest absolute Gasteiger partial charge is 0.340 e. The predicted molar refractivity (Wildman–Crippen MR) is 86.6 cm³/mol. The molecule has 3 rings (SSSR count). The zero-order valence-corrected chi connectivity index (χ0v) is 13.1. The smallest absolute Gasteiger partial charge is 0.186 e. The van der Waals surface area contributed by atoms with E-state index in [1.54, 1.807) is 47.4 Å². The van der Waals surface area contributed by atoms with Gasteiger partial charge in [0.05, 0.1) is 29.3 Å². The Hall–Kier alpha value is -2.67. The van der Waals surface area contributed by atoms with Crippen LogP contribution in [0.15, 0.2) is 47.8 Å². The van der Waals surface area contributed by atoms with Crippen LogP contribution in [0.1, 0.15) is 16.1 Å². The quantitative estimate of drug-likeness (QED) is 0.673. The van der Waals surface area contributed by atoms with E-state index in [0.717, 1.165) is 5.56 Å². The van der Waals surface area contributed by atoms with Gasteiger partial charge in [-0.1, -0.05) is 6.07 Å². The normalized spacial score (nSPS) is 10.5. The molecule has 116 valence electrons. The second kappa shape index (κ2) is 6.62. The lowest BCUT2D eigenvalue weighted by Gasteiger charge is -2.20. The molecule has 7 heteroatoms. The molecule has 0 spiro atoms. The number of benzene rings is 1. The summed E-state index contributed by atoms with van der Waals surface area (Å²) in [6, 6.07) is 4.63. The average molecular weight is 328 g/mol. The van der Waals surface area contributed by atoms with Gasteiger partial charge in [-0.3, -0.25) is 4.79 Å². The highest BCUT2D eigenvalue weighted by Gasteiger charge is 2.14. The molecule has 2 heterocycles. The first-order valence-corrected chi connectivity index (χ1v) is 7.78. The summed E-state index contributed by atoms with van der Waals surface area (Å²) in [5.41, 5.74) is 3.80. The lowest BCUT2D eigenvalue weighted by molar-refractivity contribution is 0.0989. The van der Waals surface area contributed by atoms with Crippen LogP contribution in [0, 0.1) is 5.82 Å². The van der Waals surface area contributed by atoms with Gasteiger partial charge in [0, 0.05) is 18.8 Å². The number of ketones is 1. The van der Waals surface area contributed by atoms with Gasteiger partial charge in [0.2, 0.25) is 0 Å². The van der Waals surface area contributed by atoms with Crippen LogP contribution >= 0.6 is 11.3 Å². The summed E-state index contributed by atoms with van der Waals surface area (Å²) in [7, 11) is 1.73. The molecular formula is C16H13FN4OS. The van der Waals surface area contributed by atoms with Gasteiger partial charge >= 0.3 is 0 Å². The summed E-state index contributed by atoms with van der Waals surface area (Å²) in [6.07, 6.45) is 4.78. The molecule has 0 radical (unpaired) electrons. The third kappa shape index (κ3) is 3.40. The average Bonchev–Trinajstić information content (AvgIpc) is 3.11. The van der Waals surface area contributed by atoms with Crippen molar-refractivity contribution in [1.29, 1.82) is 0 Å². The van der Waals surface area contributed by atoms with Crippen LogP contribution in [0.2, 0.25) is 0 Å². The standard InChI is InChI=1S/C16H13FN4OS/c1-21(12-6-18-9-19-7-12)15-4-11(2-3-13(15)17)5-16(22)14-8-23-10-20-14/h2-4,6-10H,5H2,1H3. The maximum atomic E-state index is 14.1. The van der Waals surface area contributed by atoms with Crippen molar-refractivity contribution in [3.63, 3.8) is 0 Å². The molecule has 0 aliphatic carbocycles. The summed E-state index contributed by atoms with van der Waals surface area (Å²) >= 11 is 1.37. The number of anilines is 2. The number of aromatic nitrogens is 3. The summed E-state index contributed by atoms with van der Waals surface area (Å²) in [4.78, 5) is 25.6. The molecule has 0 saturated carbocycles. The molecule has 0 saturated heterocycles. The number of thiazole rings is 1. The lowest BCUT2D eigenvalue weighted by atomic mass is 10.1.